The molecule has 3 aliphatic rings. The van der Waals surface area contributed by atoms with E-state index >= 15 is 0 Å². The molecule has 0 amide bonds. The van der Waals surface area contributed by atoms with Crippen LogP contribution < -0.4 is 10.1 Å². The van der Waals surface area contributed by atoms with E-state index in [1.165, 1.54) is 12.1 Å². The van der Waals surface area contributed by atoms with Gasteiger partial charge in [0.25, 0.3) is 0 Å². The molecule has 32 heavy (non-hydrogen) atoms. The number of aryl methyl sites for hydroxylation is 1. The van der Waals surface area contributed by atoms with Crippen molar-refractivity contribution in [2.75, 3.05) is 5.75 Å². The van der Waals surface area contributed by atoms with Crippen molar-refractivity contribution in [3.8, 4) is 17.1 Å². The van der Waals surface area contributed by atoms with Gasteiger partial charge in [0.05, 0.1) is 22.1 Å². The molecule has 168 valence electrons. The van der Waals surface area contributed by atoms with Crippen LogP contribution in [0.5, 0.6) is 5.75 Å². The first-order valence-corrected chi connectivity index (χ1v) is 11.1. The van der Waals surface area contributed by atoms with Crippen LogP contribution in [0.3, 0.4) is 0 Å². The third-order valence-electron chi connectivity index (χ3n) is 5.11. The summed E-state index contributed by atoms with van der Waals surface area (Å²) in [7, 11) is -1.23. The number of ether oxygens (including phenoxy) is 1. The highest BCUT2D eigenvalue weighted by atomic mass is 32.2. The number of nitrogens with one attached hydrogen (secondary N) is 1. The number of pyridine rings is 1. The number of hydrogen-bond donors (Lipinski definition) is 2. The van der Waals surface area contributed by atoms with Crippen LogP contribution in [0.2, 0.25) is 0 Å². The number of alkyl halides is 3. The molecule has 1 aromatic carbocycles. The minimum Gasteiger partial charge on any atom is -0.441 e. The third kappa shape index (κ3) is 4.10. The molecule has 1 atom stereocenters. The molecule has 4 rings (SSSR count). The Hall–Kier alpha value is -3.27. The van der Waals surface area contributed by atoms with Crippen LogP contribution in [0, 0.1) is 6.92 Å². The Balaban J connectivity index is 1.82. The Morgan fingerprint density at radius 2 is 2.03 bits per heavy atom. The summed E-state index contributed by atoms with van der Waals surface area (Å²) in [6.07, 6.45) is -1.13. The van der Waals surface area contributed by atoms with Gasteiger partial charge in [0.2, 0.25) is 5.88 Å². The van der Waals surface area contributed by atoms with Gasteiger partial charge in [0.15, 0.2) is 5.82 Å². The quantitative estimate of drug-likeness (QED) is 0.526. The molecule has 0 spiro atoms. The van der Waals surface area contributed by atoms with Gasteiger partial charge >= 0.3 is 6.18 Å². The first kappa shape index (κ1) is 21.9. The second kappa shape index (κ2) is 8.34. The molecule has 1 aromatic rings. The van der Waals surface area contributed by atoms with Crippen LogP contribution in [0.15, 0.2) is 59.6 Å². The zero-order valence-electron chi connectivity index (χ0n) is 17.2. The summed E-state index contributed by atoms with van der Waals surface area (Å²) in [6.45, 7) is 3.50. The Kier molecular flexibility index (Phi) is 5.72. The molecule has 0 fully saturated rings. The maximum Gasteiger partial charge on any atom is 0.416 e. The second-order valence-electron chi connectivity index (χ2n) is 7.19. The molecule has 2 N–H and O–H groups in total. The predicted octanol–water partition coefficient (Wildman–Crippen LogP) is 4.90. The topological polar surface area (TPSA) is 76.4 Å². The van der Waals surface area contributed by atoms with Gasteiger partial charge in [0.1, 0.15) is 5.75 Å². The molecular formula is C22H20F3N3O3S. The maximum atomic E-state index is 13.1. The molecule has 0 saturated carbocycles. The number of aromatic nitrogens is 2. The van der Waals surface area contributed by atoms with Crippen LogP contribution in [0.25, 0.3) is 17.0 Å². The summed E-state index contributed by atoms with van der Waals surface area (Å²) in [6, 6.07) is 8.05. The van der Waals surface area contributed by atoms with Crippen molar-refractivity contribution in [2.24, 2.45) is 0 Å². The van der Waals surface area contributed by atoms with Gasteiger partial charge in [-0.05, 0) is 42.8 Å². The monoisotopic (exact) mass is 463 g/mol. The fraction of sp³-hybridized carbons (Fsp3) is 0.227. The highest BCUT2D eigenvalue weighted by Crippen LogP contribution is 2.38. The van der Waals surface area contributed by atoms with Crippen molar-refractivity contribution < 1.29 is 27.3 Å². The van der Waals surface area contributed by atoms with Crippen molar-refractivity contribution in [3.63, 3.8) is 0 Å². The number of hydrogen-bond acceptors (Lipinski definition) is 5. The summed E-state index contributed by atoms with van der Waals surface area (Å²) in [5, 5.41) is 13.2. The van der Waals surface area contributed by atoms with Gasteiger partial charge in [-0.25, -0.2) is 4.98 Å². The predicted molar refractivity (Wildman–Crippen MR) is 114 cm³/mol. The van der Waals surface area contributed by atoms with Gasteiger partial charge in [-0.15, -0.1) is 0 Å². The average Bonchev–Trinajstić information content (AvgIpc) is 3.26. The lowest BCUT2D eigenvalue weighted by Gasteiger charge is -2.24. The lowest BCUT2D eigenvalue weighted by Crippen LogP contribution is -2.22. The van der Waals surface area contributed by atoms with E-state index in [9.17, 15) is 22.6 Å². The zero-order chi connectivity index (χ0) is 23.0. The largest absolute Gasteiger partial charge is 0.441 e. The summed E-state index contributed by atoms with van der Waals surface area (Å²) in [5.74, 6) is 0.982. The summed E-state index contributed by atoms with van der Waals surface area (Å²) < 4.78 is 58.7. The highest BCUT2D eigenvalue weighted by molar-refractivity contribution is 7.88. The fourth-order valence-electron chi connectivity index (χ4n) is 3.50. The Labute approximate surface area is 184 Å². The molecule has 6 nitrogen and oxygen atoms in total. The van der Waals surface area contributed by atoms with E-state index in [0.29, 0.717) is 38.9 Å². The van der Waals surface area contributed by atoms with E-state index in [-0.39, 0.29) is 18.1 Å². The van der Waals surface area contributed by atoms with Gasteiger partial charge < -0.3 is 15.3 Å². The minimum absolute atomic E-state index is 0.00930. The van der Waals surface area contributed by atoms with E-state index in [4.69, 9.17) is 4.74 Å². The number of allylic oxidation sites excluding steroid dienone is 2. The first-order chi connectivity index (χ1) is 15.2. The smallest absolute Gasteiger partial charge is 0.416 e. The van der Waals surface area contributed by atoms with Crippen molar-refractivity contribution in [1.82, 2.24) is 15.0 Å². The van der Waals surface area contributed by atoms with Crippen LogP contribution in [0.4, 0.5) is 13.2 Å². The normalized spacial score (nSPS) is 15.5. The molecule has 0 bridgehead atoms. The number of dihydropyridines is 1. The van der Waals surface area contributed by atoms with Crippen LogP contribution in [-0.4, -0.2) is 24.9 Å². The minimum atomic E-state index is -4.50. The first-order valence-electron chi connectivity index (χ1n) is 9.78. The van der Waals surface area contributed by atoms with Crippen molar-refractivity contribution in [2.45, 2.75) is 26.4 Å². The second-order valence-corrected chi connectivity index (χ2v) is 8.99. The molecule has 0 radical (unpaired) electrons. The number of halogens is 3. The maximum absolute atomic E-state index is 13.1. The van der Waals surface area contributed by atoms with E-state index in [2.05, 4.69) is 10.3 Å². The van der Waals surface area contributed by atoms with E-state index in [1.807, 2.05) is 0 Å². The summed E-state index contributed by atoms with van der Waals surface area (Å²) >= 11 is 0. The molecule has 1 unspecified atom stereocenters. The van der Waals surface area contributed by atoms with Gasteiger partial charge in [-0.1, -0.05) is 13.0 Å². The zero-order valence-corrected chi connectivity index (χ0v) is 18.0. The van der Waals surface area contributed by atoms with E-state index in [0.717, 1.165) is 16.9 Å². The molecule has 0 aliphatic carbocycles. The van der Waals surface area contributed by atoms with Crippen LogP contribution in [-0.2, 0) is 17.0 Å². The highest BCUT2D eigenvalue weighted by Gasteiger charge is 2.31. The standard InChI is InChI=1S/C22H20F3N3O3S/c1-3-32(30)16-11-19(18-9-13(2)28(29)20-17(18)7-8-26-20)21(27-12-16)31-15-6-4-5-14(10-15)22(23,24)25/h4-10,12,27,29H,3,11H2,1-2H3. The number of nitrogens with zero attached hydrogens (tertiary/aromatic N) is 2. The Morgan fingerprint density at radius 1 is 1.25 bits per heavy atom. The fourth-order valence-corrected chi connectivity index (χ4v) is 4.37. The summed E-state index contributed by atoms with van der Waals surface area (Å²) in [4.78, 5) is 4.81. The number of rotatable bonds is 5. The molecular weight excluding hydrogens is 443 g/mol. The van der Waals surface area contributed by atoms with E-state index in [1.54, 1.807) is 38.4 Å². The van der Waals surface area contributed by atoms with Gasteiger partial charge in [0, 0.05) is 40.6 Å². The van der Waals surface area contributed by atoms with Crippen LogP contribution >= 0.6 is 0 Å². The number of benzene rings is 1. The lowest BCUT2D eigenvalue weighted by molar-refractivity contribution is -0.137. The molecule has 3 heterocycles. The van der Waals surface area contributed by atoms with Crippen molar-refractivity contribution in [1.29, 1.82) is 0 Å². The third-order valence-corrected chi connectivity index (χ3v) is 6.48. The Morgan fingerprint density at radius 3 is 2.75 bits per heavy atom. The molecule has 10 heteroatoms. The molecule has 0 saturated heterocycles. The SMILES string of the molecule is CCS(=O)C1=CNC(Oc2cccc(C(F)(F)F)c2)=C(c2cc(C)n(O)c3nccc2-3)C1. The Bertz CT molecular complexity index is 1230. The van der Waals surface area contributed by atoms with Gasteiger partial charge in [-0.2, -0.15) is 17.9 Å². The van der Waals surface area contributed by atoms with Crippen molar-refractivity contribution in [3.05, 3.63) is 76.4 Å². The van der Waals surface area contributed by atoms with Crippen LogP contribution in [0.1, 0.15) is 30.2 Å². The molecule has 3 aliphatic heterocycles. The van der Waals surface area contributed by atoms with E-state index < -0.39 is 22.5 Å². The molecule has 0 aromatic heterocycles. The average molecular weight is 463 g/mol. The lowest BCUT2D eigenvalue weighted by atomic mass is 9.96. The van der Waals surface area contributed by atoms with Gasteiger partial charge in [-0.3, -0.25) is 4.21 Å². The summed E-state index contributed by atoms with van der Waals surface area (Å²) in [5.41, 5.74) is 1.58. The van der Waals surface area contributed by atoms with Crippen molar-refractivity contribution >= 4 is 16.4 Å². The number of fused-ring (bicyclic) bond motifs is 1.